The van der Waals surface area contributed by atoms with E-state index in [9.17, 15) is 19.8 Å². The third kappa shape index (κ3) is 47.0. The Labute approximate surface area is 407 Å². The van der Waals surface area contributed by atoms with Gasteiger partial charge in [-0.15, -0.1) is 0 Å². The summed E-state index contributed by atoms with van der Waals surface area (Å²) in [6.07, 6.45) is 71.4. The lowest BCUT2D eigenvalue weighted by atomic mass is 10.0. The van der Waals surface area contributed by atoms with Crippen LogP contribution in [0.1, 0.15) is 233 Å². The minimum absolute atomic E-state index is 0.0222. The van der Waals surface area contributed by atoms with E-state index in [1.54, 1.807) is 0 Å². The Hall–Kier alpha value is -3.48. The van der Waals surface area contributed by atoms with Gasteiger partial charge < -0.3 is 20.3 Å². The number of esters is 1. The molecule has 66 heavy (non-hydrogen) atoms. The van der Waals surface area contributed by atoms with Gasteiger partial charge in [-0.2, -0.15) is 0 Å². The Kier molecular flexibility index (Phi) is 49.7. The van der Waals surface area contributed by atoms with Crippen LogP contribution in [0.5, 0.6) is 0 Å². The third-order valence-corrected chi connectivity index (χ3v) is 11.7. The van der Waals surface area contributed by atoms with Gasteiger partial charge in [0.15, 0.2) is 0 Å². The summed E-state index contributed by atoms with van der Waals surface area (Å²) in [5.41, 5.74) is 0. The number of hydrogen-bond acceptors (Lipinski definition) is 5. The average molecular weight is 916 g/mol. The molecular weight excluding hydrogens is 815 g/mol. The Morgan fingerprint density at radius 1 is 0.470 bits per heavy atom. The number of ether oxygens (including phenoxy) is 1. The van der Waals surface area contributed by atoms with E-state index in [0.29, 0.717) is 19.3 Å². The number of aliphatic hydroxyl groups is 2. The van der Waals surface area contributed by atoms with Crippen molar-refractivity contribution in [2.75, 3.05) is 6.61 Å². The largest absolute Gasteiger partial charge is 0.462 e. The maximum Gasteiger partial charge on any atom is 0.306 e. The lowest BCUT2D eigenvalue weighted by Crippen LogP contribution is -2.46. The van der Waals surface area contributed by atoms with E-state index < -0.39 is 18.2 Å². The first-order valence-electron chi connectivity index (χ1n) is 27.2. The van der Waals surface area contributed by atoms with E-state index in [4.69, 9.17) is 4.74 Å². The van der Waals surface area contributed by atoms with Crippen LogP contribution in [0.2, 0.25) is 0 Å². The van der Waals surface area contributed by atoms with Crippen LogP contribution in [0.3, 0.4) is 0 Å². The smallest absolute Gasteiger partial charge is 0.306 e. The quantitative estimate of drug-likeness (QED) is 0.0245. The van der Waals surface area contributed by atoms with Gasteiger partial charge in [-0.25, -0.2) is 0 Å². The van der Waals surface area contributed by atoms with Crippen molar-refractivity contribution in [3.05, 3.63) is 109 Å². The van der Waals surface area contributed by atoms with Gasteiger partial charge in [0.2, 0.25) is 5.91 Å². The molecule has 0 spiro atoms. The number of amides is 1. The van der Waals surface area contributed by atoms with Crippen molar-refractivity contribution in [2.24, 2.45) is 0 Å². The first kappa shape index (κ1) is 62.5. The highest BCUT2D eigenvalue weighted by Crippen LogP contribution is 2.16. The standard InChI is InChI=1S/C60H101NO5/c1-4-7-10-13-16-19-22-25-27-29-31-33-35-38-41-44-47-50-53-60(65)66-56(51-48-45-42-39-36-34-32-30-28-26-23-20-17-14-11-8-5-2)54-59(64)61-57(55-62)58(63)52-49-46-43-40-37-24-21-18-15-12-9-6-3/h8,11,16-17,19-20,22,25-29,31-34,39,42,56-58,62-63H,4-7,9-10,12-15,18,21,23-24,30,35-38,40-41,43-55H2,1-3H3,(H,61,64)/b11-8-,19-16+,20-17-,25-22+,28-26-,29-27+,33-31+,34-32-,42-39-. The van der Waals surface area contributed by atoms with E-state index >= 15 is 0 Å². The Morgan fingerprint density at radius 2 is 0.894 bits per heavy atom. The summed E-state index contributed by atoms with van der Waals surface area (Å²) in [4.78, 5) is 26.2. The maximum absolute atomic E-state index is 13.2. The molecule has 0 aromatic rings. The number of nitrogens with one attached hydrogen (secondary N) is 1. The Balaban J connectivity index is 4.77. The number of carbonyl (C=O) groups excluding carboxylic acids is 2. The zero-order valence-corrected chi connectivity index (χ0v) is 42.8. The third-order valence-electron chi connectivity index (χ3n) is 11.7. The number of carbonyl (C=O) groups is 2. The summed E-state index contributed by atoms with van der Waals surface area (Å²) >= 11 is 0. The molecule has 376 valence electrons. The Bertz CT molecular complexity index is 1350. The molecule has 0 saturated carbocycles. The fourth-order valence-electron chi connectivity index (χ4n) is 7.59. The van der Waals surface area contributed by atoms with Gasteiger partial charge in [0, 0.05) is 6.42 Å². The number of allylic oxidation sites excluding steroid dienone is 18. The van der Waals surface area contributed by atoms with Gasteiger partial charge in [0.1, 0.15) is 6.10 Å². The van der Waals surface area contributed by atoms with Crippen LogP contribution >= 0.6 is 0 Å². The van der Waals surface area contributed by atoms with Crippen LogP contribution in [0.25, 0.3) is 0 Å². The highest BCUT2D eigenvalue weighted by Gasteiger charge is 2.24. The lowest BCUT2D eigenvalue weighted by molar-refractivity contribution is -0.151. The molecule has 0 rings (SSSR count). The maximum atomic E-state index is 13.2. The monoisotopic (exact) mass is 916 g/mol. The minimum atomic E-state index is -0.814. The van der Waals surface area contributed by atoms with Crippen LogP contribution in [-0.4, -0.2) is 46.9 Å². The van der Waals surface area contributed by atoms with E-state index in [-0.39, 0.29) is 24.9 Å². The molecule has 0 aromatic carbocycles. The summed E-state index contributed by atoms with van der Waals surface area (Å²) in [6, 6.07) is -0.732. The van der Waals surface area contributed by atoms with E-state index in [1.807, 2.05) is 0 Å². The van der Waals surface area contributed by atoms with Gasteiger partial charge in [0.05, 0.1) is 25.2 Å². The van der Waals surface area contributed by atoms with E-state index in [1.165, 1.54) is 77.0 Å². The van der Waals surface area contributed by atoms with Crippen LogP contribution in [0.4, 0.5) is 0 Å². The molecule has 1 amide bonds. The summed E-state index contributed by atoms with van der Waals surface area (Å²) < 4.78 is 5.91. The molecule has 3 atom stereocenters. The van der Waals surface area contributed by atoms with Gasteiger partial charge in [-0.1, -0.05) is 239 Å². The predicted octanol–water partition coefficient (Wildman–Crippen LogP) is 16.7. The average Bonchev–Trinajstić information content (AvgIpc) is 3.31. The predicted molar refractivity (Wildman–Crippen MR) is 287 cm³/mol. The molecule has 0 heterocycles. The number of hydrogen-bond donors (Lipinski definition) is 3. The van der Waals surface area contributed by atoms with Crippen molar-refractivity contribution in [3.8, 4) is 0 Å². The lowest BCUT2D eigenvalue weighted by Gasteiger charge is -2.24. The number of aliphatic hydroxyl groups excluding tert-OH is 2. The zero-order valence-electron chi connectivity index (χ0n) is 42.8. The number of unbranched alkanes of at least 4 members (excludes halogenated alkanes) is 20. The molecule has 0 aromatic heterocycles. The molecular formula is C60H101NO5. The molecule has 6 heteroatoms. The topological polar surface area (TPSA) is 95.9 Å². The van der Waals surface area contributed by atoms with E-state index in [0.717, 1.165) is 109 Å². The molecule has 3 unspecified atom stereocenters. The van der Waals surface area contributed by atoms with Crippen LogP contribution in [0.15, 0.2) is 109 Å². The SMILES string of the molecule is CC/C=C\C/C=C\C/C=C\C/C=C\C/C=C\CCCC(CC(=O)NC(CO)C(O)CCCCCCCCCCCCCC)OC(=O)CCCCCCC/C=C/C=C/C=C/C=C/CCCCC. The second-order valence-electron chi connectivity index (χ2n) is 18.0. The summed E-state index contributed by atoms with van der Waals surface area (Å²) in [6.45, 7) is 6.30. The van der Waals surface area contributed by atoms with Crippen LogP contribution in [-0.2, 0) is 14.3 Å². The fourth-order valence-corrected chi connectivity index (χ4v) is 7.59. The molecule has 0 aliphatic carbocycles. The van der Waals surface area contributed by atoms with Gasteiger partial charge in [-0.05, 0) is 89.9 Å². The molecule has 0 saturated heterocycles. The first-order chi connectivity index (χ1) is 32.5. The summed E-state index contributed by atoms with van der Waals surface area (Å²) in [7, 11) is 0. The number of rotatable bonds is 47. The second-order valence-corrected chi connectivity index (χ2v) is 18.0. The van der Waals surface area contributed by atoms with Gasteiger partial charge in [0.25, 0.3) is 0 Å². The molecule has 0 bridgehead atoms. The van der Waals surface area contributed by atoms with Crippen LogP contribution < -0.4 is 5.32 Å². The molecule has 0 aliphatic heterocycles. The minimum Gasteiger partial charge on any atom is -0.462 e. The van der Waals surface area contributed by atoms with Crippen molar-refractivity contribution in [1.82, 2.24) is 5.32 Å². The van der Waals surface area contributed by atoms with Crippen molar-refractivity contribution >= 4 is 11.9 Å². The van der Waals surface area contributed by atoms with Crippen molar-refractivity contribution < 1.29 is 24.5 Å². The first-order valence-corrected chi connectivity index (χ1v) is 27.2. The summed E-state index contributed by atoms with van der Waals surface area (Å²) in [5.74, 6) is -0.564. The zero-order chi connectivity index (χ0) is 48.1. The van der Waals surface area contributed by atoms with Gasteiger partial charge >= 0.3 is 5.97 Å². The molecule has 3 N–H and O–H groups in total. The molecule has 6 nitrogen and oxygen atoms in total. The van der Waals surface area contributed by atoms with Crippen LogP contribution in [0, 0.1) is 0 Å². The highest BCUT2D eigenvalue weighted by atomic mass is 16.5. The highest BCUT2D eigenvalue weighted by molar-refractivity contribution is 5.77. The van der Waals surface area contributed by atoms with Crippen molar-refractivity contribution in [3.63, 3.8) is 0 Å². The summed E-state index contributed by atoms with van der Waals surface area (Å²) in [5, 5.41) is 23.8. The van der Waals surface area contributed by atoms with Gasteiger partial charge in [-0.3, -0.25) is 9.59 Å². The molecule has 0 fully saturated rings. The molecule has 0 radical (unpaired) electrons. The second kappa shape index (κ2) is 52.5. The normalized spacial score (nSPS) is 14.1. The van der Waals surface area contributed by atoms with E-state index in [2.05, 4.69) is 135 Å². The van der Waals surface area contributed by atoms with Crippen molar-refractivity contribution in [2.45, 2.75) is 251 Å². The molecule has 0 aliphatic rings. The fraction of sp³-hybridized carbons (Fsp3) is 0.667. The Morgan fingerprint density at radius 3 is 1.42 bits per heavy atom. The van der Waals surface area contributed by atoms with Crippen molar-refractivity contribution in [1.29, 1.82) is 0 Å².